The minimum Gasteiger partial charge on any atom is -0.743 e. The molecule has 0 aliphatic rings. The average molecular weight is 814 g/mol. The molecule has 52 heavy (non-hydrogen) atoms. The third-order valence-electron chi connectivity index (χ3n) is 6.59. The molecule has 0 radical (unpaired) electrons. The van der Waals surface area contributed by atoms with Crippen LogP contribution in [0.15, 0.2) is 84.9 Å². The van der Waals surface area contributed by atoms with Crippen molar-refractivity contribution in [3.8, 4) is 0 Å². The van der Waals surface area contributed by atoms with Gasteiger partial charge in [-0.05, 0) is 77.0 Å². The Morgan fingerprint density at radius 1 is 0.692 bits per heavy atom. The fraction of sp³-hybridized carbons (Fsp3) is 0.312. The van der Waals surface area contributed by atoms with Gasteiger partial charge < -0.3 is 23.8 Å². The van der Waals surface area contributed by atoms with Gasteiger partial charge in [-0.25, -0.2) is 21.6 Å². The summed E-state index contributed by atoms with van der Waals surface area (Å²) in [6, 6.07) is 24.7. The van der Waals surface area contributed by atoms with Gasteiger partial charge in [0, 0.05) is 5.56 Å². The van der Waals surface area contributed by atoms with Crippen molar-refractivity contribution in [2.45, 2.75) is 31.3 Å². The molecular weight excluding hydrogens is 780 g/mol. The fourth-order valence-corrected chi connectivity index (χ4v) is 4.16. The van der Waals surface area contributed by atoms with E-state index >= 15 is 0 Å². The molecule has 0 bridgehead atoms. The number of hydrogen-bond donors (Lipinski definition) is 1. The maximum Gasteiger partial charge on any atom is 1.00 e. The molecule has 0 saturated heterocycles. The van der Waals surface area contributed by atoms with Crippen molar-refractivity contribution in [2.75, 3.05) is 32.8 Å². The van der Waals surface area contributed by atoms with E-state index in [9.17, 15) is 53.1 Å². The average Bonchev–Trinajstić information content (AvgIpc) is 3.07. The quantitative estimate of drug-likeness (QED) is 0.0739. The van der Waals surface area contributed by atoms with E-state index in [2.05, 4.69) is 30.4 Å². The molecule has 0 fully saturated rings. The van der Waals surface area contributed by atoms with E-state index < -0.39 is 55.2 Å². The molecular formula is C32H34ClF4NNa2O10S2. The molecule has 4 rings (SSSR count). The smallest absolute Gasteiger partial charge is 0.743 e. The first-order valence-electron chi connectivity index (χ1n) is 14.5. The van der Waals surface area contributed by atoms with Crippen molar-refractivity contribution in [1.29, 1.82) is 0 Å². The number of rotatable bonds is 10. The van der Waals surface area contributed by atoms with Crippen LogP contribution >= 0.6 is 11.6 Å². The van der Waals surface area contributed by atoms with Crippen molar-refractivity contribution in [2.24, 2.45) is 0 Å². The number of carbonyl (C=O) groups excluding carboxylic acids is 2. The normalized spacial score (nSPS) is 11.3. The second-order valence-electron chi connectivity index (χ2n) is 9.93. The molecule has 0 aliphatic carbocycles. The number of esters is 1. The number of nitrogens with zero attached hydrogens (tertiary/aromatic N) is 1. The second-order valence-corrected chi connectivity index (χ2v) is 13.3. The summed E-state index contributed by atoms with van der Waals surface area (Å²) in [5.74, 6) is -1.14. The summed E-state index contributed by atoms with van der Waals surface area (Å²) < 4.78 is 112. The molecule has 1 N–H and O–H groups in total. The Hall–Kier alpha value is -1.71. The van der Waals surface area contributed by atoms with Crippen LogP contribution in [0.3, 0.4) is 0 Å². The maximum atomic E-state index is 12.9. The zero-order chi connectivity index (χ0) is 38.3. The van der Waals surface area contributed by atoms with Crippen LogP contribution in [0.25, 0.3) is 21.5 Å². The molecule has 0 amide bonds. The van der Waals surface area contributed by atoms with Crippen LogP contribution in [-0.2, 0) is 25.0 Å². The number of benzene rings is 4. The van der Waals surface area contributed by atoms with E-state index in [0.717, 1.165) is 16.2 Å². The monoisotopic (exact) mass is 813 g/mol. The fourth-order valence-electron chi connectivity index (χ4n) is 3.68. The molecule has 276 valence electrons. The van der Waals surface area contributed by atoms with Crippen LogP contribution in [-0.4, -0.2) is 90.5 Å². The van der Waals surface area contributed by atoms with Gasteiger partial charge in [0.1, 0.15) is 6.61 Å². The molecule has 0 aromatic heterocycles. The topological polar surface area (TPSA) is 181 Å². The predicted octanol–water partition coefficient (Wildman–Crippen LogP) is -0.174. The second kappa shape index (κ2) is 23.9. The van der Waals surface area contributed by atoms with Gasteiger partial charge >= 0.3 is 75.6 Å². The predicted molar refractivity (Wildman–Crippen MR) is 178 cm³/mol. The van der Waals surface area contributed by atoms with Crippen molar-refractivity contribution in [3.63, 3.8) is 0 Å². The van der Waals surface area contributed by atoms with Crippen LogP contribution < -0.4 is 59.1 Å². The van der Waals surface area contributed by atoms with E-state index in [4.69, 9.17) is 16.7 Å². The molecule has 0 unspecified atom stereocenters. The van der Waals surface area contributed by atoms with Crippen molar-refractivity contribution >= 4 is 64.6 Å². The first-order valence-corrected chi connectivity index (χ1v) is 17.7. The number of alkyl halides is 4. The standard InChI is InChI=1S/C13H10F2O5S.C11H7ClO.C6H15N.C2H4F2O4S.2Na/c14-13(15,21(17,18)19)8-20-12(16)11-6-5-9-3-1-2-4-10(9)7-11;12-11(13)10-6-5-8-3-1-2-4-9(8)7-10;1-4-7(5-2)6-3;3-2(4,1-5)9(6,7)8;;/h1-7H,8H2,(H,17,18,19);1-7H;4-6H2,1-3H3;5H,1H2,(H,6,7,8);;/q;;;;2*+1/p-2. The van der Waals surface area contributed by atoms with Gasteiger partial charge in [0.25, 0.3) is 5.24 Å². The van der Waals surface area contributed by atoms with E-state index in [1.165, 1.54) is 31.8 Å². The Labute approximate surface area is 348 Å². The third-order valence-corrected chi connectivity index (χ3v) is 8.52. The Morgan fingerprint density at radius 3 is 1.37 bits per heavy atom. The van der Waals surface area contributed by atoms with Crippen LogP contribution in [0.2, 0.25) is 0 Å². The van der Waals surface area contributed by atoms with E-state index in [-0.39, 0.29) is 64.7 Å². The SMILES string of the molecule is CCN(CC)CC.O=C(Cl)c1ccc2ccccc2c1.O=C(OCC(F)(F)S(=O)(=O)[O-])c1ccc2ccccc2c1.O=S(=O)([O-])C(F)(F)CO.[Na+].[Na+]. The summed E-state index contributed by atoms with van der Waals surface area (Å²) in [4.78, 5) is 24.8. The number of halogens is 5. The van der Waals surface area contributed by atoms with Gasteiger partial charge in [-0.15, -0.1) is 0 Å². The van der Waals surface area contributed by atoms with Gasteiger partial charge in [-0.2, -0.15) is 17.6 Å². The zero-order valence-electron chi connectivity index (χ0n) is 28.9. The maximum absolute atomic E-state index is 12.9. The minimum absolute atomic E-state index is 0. The van der Waals surface area contributed by atoms with E-state index in [1.54, 1.807) is 42.5 Å². The van der Waals surface area contributed by atoms with Gasteiger partial charge in [-0.3, -0.25) is 4.79 Å². The Morgan fingerprint density at radius 2 is 1.06 bits per heavy atom. The molecule has 20 heteroatoms. The minimum atomic E-state index is -5.88. The zero-order valence-corrected chi connectivity index (χ0v) is 35.3. The number of carbonyl (C=O) groups is 2. The van der Waals surface area contributed by atoms with Crippen LogP contribution in [0.4, 0.5) is 17.6 Å². The molecule has 0 heterocycles. The van der Waals surface area contributed by atoms with E-state index in [1.807, 2.05) is 30.3 Å². The van der Waals surface area contributed by atoms with Crippen LogP contribution in [0, 0.1) is 0 Å². The van der Waals surface area contributed by atoms with Crippen molar-refractivity contribution in [3.05, 3.63) is 96.1 Å². The molecule has 0 saturated carbocycles. The number of ether oxygens (including phenoxy) is 1. The summed E-state index contributed by atoms with van der Waals surface area (Å²) in [5, 5.41) is 1.66. The first kappa shape index (κ1) is 52.4. The van der Waals surface area contributed by atoms with Crippen molar-refractivity contribution < 1.29 is 122 Å². The van der Waals surface area contributed by atoms with Gasteiger partial charge in [0.15, 0.2) is 26.8 Å². The number of fused-ring (bicyclic) bond motifs is 2. The summed E-state index contributed by atoms with van der Waals surface area (Å²) in [6.07, 6.45) is 0. The third kappa shape index (κ3) is 17.2. The number of hydrogen-bond acceptors (Lipinski definition) is 11. The first-order chi connectivity index (χ1) is 23.1. The molecule has 0 aliphatic heterocycles. The molecule has 4 aromatic rings. The summed E-state index contributed by atoms with van der Waals surface area (Å²) in [6.45, 7) is 6.34. The summed E-state index contributed by atoms with van der Waals surface area (Å²) in [5.41, 5.74) is 0.521. The molecule has 0 atom stereocenters. The van der Waals surface area contributed by atoms with Crippen LogP contribution in [0.5, 0.6) is 0 Å². The Bertz CT molecular complexity index is 1950. The largest absolute Gasteiger partial charge is 1.00 e. The number of aliphatic hydroxyl groups excluding tert-OH is 1. The van der Waals surface area contributed by atoms with Gasteiger partial charge in [0.2, 0.25) is 0 Å². The summed E-state index contributed by atoms with van der Waals surface area (Å²) in [7, 11) is -11.6. The van der Waals surface area contributed by atoms with Crippen LogP contribution in [0.1, 0.15) is 41.5 Å². The van der Waals surface area contributed by atoms with Gasteiger partial charge in [0.05, 0.1) is 5.56 Å². The summed E-state index contributed by atoms with van der Waals surface area (Å²) >= 11 is 5.36. The number of aliphatic hydroxyl groups is 1. The molecule has 11 nitrogen and oxygen atoms in total. The van der Waals surface area contributed by atoms with Gasteiger partial charge in [-0.1, -0.05) is 81.4 Å². The Balaban J connectivity index is 0. The van der Waals surface area contributed by atoms with Crippen molar-refractivity contribution in [1.82, 2.24) is 4.90 Å². The molecule has 4 aromatic carbocycles. The Kier molecular flexibility index (Phi) is 24.1. The van der Waals surface area contributed by atoms with E-state index in [0.29, 0.717) is 10.9 Å². The molecule has 0 spiro atoms.